The van der Waals surface area contributed by atoms with Crippen molar-refractivity contribution < 1.29 is 33.2 Å². The van der Waals surface area contributed by atoms with Crippen LogP contribution in [-0.4, -0.2) is 58.3 Å². The van der Waals surface area contributed by atoms with Gasteiger partial charge in [-0.05, 0) is 32.1 Å². The first-order valence-corrected chi connectivity index (χ1v) is 14.1. The van der Waals surface area contributed by atoms with Crippen LogP contribution >= 0.6 is 11.3 Å². The van der Waals surface area contributed by atoms with E-state index in [1.54, 1.807) is 50.5 Å². The van der Waals surface area contributed by atoms with Gasteiger partial charge in [-0.1, -0.05) is 48.3 Å². The fourth-order valence-corrected chi connectivity index (χ4v) is 5.66. The molecule has 1 aromatic heterocycles. The second kappa shape index (κ2) is 14.0. The van der Waals surface area contributed by atoms with Crippen LogP contribution in [0.25, 0.3) is 6.08 Å². The lowest BCUT2D eigenvalue weighted by atomic mass is 9.94. The van der Waals surface area contributed by atoms with Gasteiger partial charge >= 0.3 is 5.97 Å². The molecule has 3 aromatic rings. The third-order valence-corrected chi connectivity index (χ3v) is 7.42. The van der Waals surface area contributed by atoms with Crippen LogP contribution in [0.2, 0.25) is 0 Å². The molecule has 0 bridgehead atoms. The Morgan fingerprint density at radius 3 is 2.43 bits per heavy atom. The van der Waals surface area contributed by atoms with Gasteiger partial charge in [0.15, 0.2) is 27.8 Å². The van der Waals surface area contributed by atoms with Crippen molar-refractivity contribution in [3.8, 4) is 23.0 Å². The highest BCUT2D eigenvalue weighted by molar-refractivity contribution is 7.07. The van der Waals surface area contributed by atoms with E-state index < -0.39 is 12.0 Å². The minimum atomic E-state index is -0.892. The molecule has 0 aliphatic carbocycles. The molecule has 0 fully saturated rings. The summed E-state index contributed by atoms with van der Waals surface area (Å²) in [4.78, 5) is 32.8. The van der Waals surface area contributed by atoms with E-state index in [0.717, 1.165) is 0 Å². The van der Waals surface area contributed by atoms with Crippen LogP contribution in [0, 0.1) is 0 Å². The van der Waals surface area contributed by atoms with Gasteiger partial charge in [-0.3, -0.25) is 9.36 Å². The number of hydrogen-bond acceptors (Lipinski definition) is 10. The summed E-state index contributed by atoms with van der Waals surface area (Å²) >= 11 is 1.20. The highest BCUT2D eigenvalue weighted by Gasteiger charge is 2.36. The monoisotopic (exact) mass is 594 g/mol. The van der Waals surface area contributed by atoms with Gasteiger partial charge < -0.3 is 28.4 Å². The molecular weight excluding hydrogens is 560 g/mol. The van der Waals surface area contributed by atoms with Crippen molar-refractivity contribution in [3.05, 3.63) is 91.1 Å². The van der Waals surface area contributed by atoms with E-state index in [1.165, 1.54) is 30.1 Å². The number of ether oxygens (including phenoxy) is 6. The number of methoxy groups -OCH3 is 3. The first-order valence-electron chi connectivity index (χ1n) is 13.3. The highest BCUT2D eigenvalue weighted by Crippen LogP contribution is 2.41. The lowest BCUT2D eigenvalue weighted by Gasteiger charge is -2.27. The van der Waals surface area contributed by atoms with Crippen LogP contribution in [0.1, 0.15) is 31.0 Å². The quantitative estimate of drug-likeness (QED) is 0.168. The molecule has 0 saturated carbocycles. The number of hydrogen-bond donors (Lipinski definition) is 0. The maximum Gasteiger partial charge on any atom is 0.338 e. The van der Waals surface area contributed by atoms with Crippen LogP contribution in [0.5, 0.6) is 23.0 Å². The Balaban J connectivity index is 1.98. The molecule has 0 radical (unpaired) electrons. The lowest BCUT2D eigenvalue weighted by molar-refractivity contribution is -0.140. The number of nitrogens with zero attached hydrogens (tertiary/aromatic N) is 2. The fraction of sp³-hybridized carbons (Fsp3) is 0.323. The van der Waals surface area contributed by atoms with Gasteiger partial charge in [-0.15, -0.1) is 0 Å². The Labute approximate surface area is 247 Å². The van der Waals surface area contributed by atoms with Gasteiger partial charge in [0.05, 0.1) is 43.2 Å². The third-order valence-electron chi connectivity index (χ3n) is 6.44. The van der Waals surface area contributed by atoms with Gasteiger partial charge in [-0.25, -0.2) is 9.79 Å². The molecule has 0 N–H and O–H groups in total. The molecule has 4 rings (SSSR count). The molecule has 1 aliphatic heterocycles. The number of carbonyl (C=O) groups excluding carboxylic acids is 1. The average Bonchev–Trinajstić information content (AvgIpc) is 3.29. The number of benzene rings is 2. The van der Waals surface area contributed by atoms with Crippen LogP contribution in [0.15, 0.2) is 70.1 Å². The van der Waals surface area contributed by atoms with E-state index in [4.69, 9.17) is 28.4 Å². The summed E-state index contributed by atoms with van der Waals surface area (Å²) in [6.07, 6.45) is 3.36. The van der Waals surface area contributed by atoms with Crippen molar-refractivity contribution in [1.82, 2.24) is 4.57 Å². The van der Waals surface area contributed by atoms with E-state index in [0.29, 0.717) is 55.8 Å². The smallest absolute Gasteiger partial charge is 0.338 e. The largest absolute Gasteiger partial charge is 0.493 e. The van der Waals surface area contributed by atoms with E-state index in [9.17, 15) is 9.59 Å². The van der Waals surface area contributed by atoms with E-state index in [2.05, 4.69) is 11.6 Å². The second-order valence-corrected chi connectivity index (χ2v) is 10.0. The van der Waals surface area contributed by atoms with E-state index in [-0.39, 0.29) is 31.0 Å². The average molecular weight is 595 g/mol. The molecule has 0 unspecified atom stereocenters. The van der Waals surface area contributed by atoms with E-state index >= 15 is 0 Å². The molecule has 0 amide bonds. The summed E-state index contributed by atoms with van der Waals surface area (Å²) < 4.78 is 35.4. The SMILES string of the molecule is C=CCOc1c(/C=c2/sc3n(c2=O)[C@@H](c2cccc(OC)c2OCC)C(C(=O)OCCOC)=C(C)N=3)cccc1OC. The third kappa shape index (κ3) is 6.12. The number of allylic oxidation sites excluding steroid dienone is 1. The summed E-state index contributed by atoms with van der Waals surface area (Å²) in [6, 6.07) is 9.88. The van der Waals surface area contributed by atoms with Crippen LogP contribution < -0.4 is 33.8 Å². The summed E-state index contributed by atoms with van der Waals surface area (Å²) in [5, 5.41) is 0. The van der Waals surface area contributed by atoms with Crippen molar-refractivity contribution in [2.24, 2.45) is 4.99 Å². The predicted octanol–water partition coefficient (Wildman–Crippen LogP) is 3.41. The van der Waals surface area contributed by atoms with Gasteiger partial charge in [0.25, 0.3) is 5.56 Å². The van der Waals surface area contributed by atoms with Crippen molar-refractivity contribution in [2.75, 3.05) is 47.8 Å². The van der Waals surface area contributed by atoms with Gasteiger partial charge in [0, 0.05) is 18.2 Å². The Morgan fingerprint density at radius 2 is 1.76 bits per heavy atom. The predicted molar refractivity (Wildman–Crippen MR) is 159 cm³/mol. The number of aromatic nitrogens is 1. The lowest BCUT2D eigenvalue weighted by Crippen LogP contribution is -2.40. The number of para-hydroxylation sites is 2. The zero-order valence-electron chi connectivity index (χ0n) is 24.3. The van der Waals surface area contributed by atoms with Crippen LogP contribution in [0.4, 0.5) is 0 Å². The number of fused-ring (bicyclic) bond motifs is 1. The molecule has 0 saturated heterocycles. The molecule has 2 heterocycles. The summed E-state index contributed by atoms with van der Waals surface area (Å²) in [5.74, 6) is 1.29. The fourth-order valence-electron chi connectivity index (χ4n) is 4.63. The number of carbonyl (C=O) groups is 1. The van der Waals surface area contributed by atoms with Gasteiger partial charge in [-0.2, -0.15) is 0 Å². The molecular formula is C31H34N2O8S. The number of thiazole rings is 1. The molecule has 11 heteroatoms. The van der Waals surface area contributed by atoms with Crippen molar-refractivity contribution in [3.63, 3.8) is 0 Å². The molecule has 10 nitrogen and oxygen atoms in total. The van der Waals surface area contributed by atoms with Crippen LogP contribution in [0.3, 0.4) is 0 Å². The maximum absolute atomic E-state index is 14.2. The molecule has 2 aromatic carbocycles. The number of esters is 1. The van der Waals surface area contributed by atoms with Crippen molar-refractivity contribution >= 4 is 23.4 Å². The maximum atomic E-state index is 14.2. The minimum absolute atomic E-state index is 0.0447. The minimum Gasteiger partial charge on any atom is -0.493 e. The molecule has 1 aliphatic rings. The summed E-state index contributed by atoms with van der Waals surface area (Å²) in [7, 11) is 4.61. The Kier molecular flexibility index (Phi) is 10.2. The Bertz CT molecular complexity index is 1670. The van der Waals surface area contributed by atoms with Crippen molar-refractivity contribution in [2.45, 2.75) is 19.9 Å². The molecule has 1 atom stereocenters. The van der Waals surface area contributed by atoms with Gasteiger partial charge in [0.2, 0.25) is 0 Å². The molecule has 222 valence electrons. The Morgan fingerprint density at radius 1 is 1.05 bits per heavy atom. The molecule has 42 heavy (non-hydrogen) atoms. The normalized spacial score (nSPS) is 14.6. The van der Waals surface area contributed by atoms with E-state index in [1.807, 2.05) is 19.1 Å². The Hall–Kier alpha value is -4.35. The first-order chi connectivity index (χ1) is 20.4. The summed E-state index contributed by atoms with van der Waals surface area (Å²) in [5.41, 5.74) is 1.51. The topological polar surface area (TPSA) is 107 Å². The zero-order valence-corrected chi connectivity index (χ0v) is 25.1. The standard InChI is InChI=1S/C31H34N2O8S/c1-7-15-40-27-20(11-9-13-22(27)37-5)18-24-29(34)33-26(21-12-10-14-23(38-6)28(21)39-8-2)25(19(3)32-31(33)42-24)30(35)41-17-16-36-4/h7,9-14,18,26H,1,8,15-17H2,2-6H3/b24-18+/t26-/m0/s1. The van der Waals surface area contributed by atoms with Crippen molar-refractivity contribution in [1.29, 1.82) is 0 Å². The first kappa shape index (κ1) is 30.6. The second-order valence-electron chi connectivity index (χ2n) is 9.00. The van der Waals surface area contributed by atoms with Crippen LogP contribution in [-0.2, 0) is 14.3 Å². The molecule has 0 spiro atoms. The number of rotatable bonds is 13. The zero-order chi connectivity index (χ0) is 30.2. The summed E-state index contributed by atoms with van der Waals surface area (Å²) in [6.45, 7) is 8.16. The van der Waals surface area contributed by atoms with Gasteiger partial charge in [0.1, 0.15) is 19.3 Å². The highest BCUT2D eigenvalue weighted by atomic mass is 32.1.